The van der Waals surface area contributed by atoms with Crippen molar-refractivity contribution < 1.29 is 0 Å². The molecule has 0 spiro atoms. The number of imidazole rings is 1. The van der Waals surface area contributed by atoms with Gasteiger partial charge >= 0.3 is 0 Å². The fourth-order valence-corrected chi connectivity index (χ4v) is 3.83. The maximum Gasteiger partial charge on any atom is 0.233 e. The van der Waals surface area contributed by atoms with Crippen LogP contribution in [0.3, 0.4) is 0 Å². The van der Waals surface area contributed by atoms with Crippen molar-refractivity contribution in [2.24, 2.45) is 0 Å². The number of benzene rings is 2. The Hall–Kier alpha value is -4.20. The fraction of sp³-hybridized carbons (Fsp3) is 0.200. The molecule has 3 aromatic heterocycles. The molecule has 0 saturated heterocycles. The van der Waals surface area contributed by atoms with Crippen molar-refractivity contribution >= 4 is 22.9 Å². The molecule has 166 valence electrons. The number of hydrogen-bond donors (Lipinski definition) is 2. The van der Waals surface area contributed by atoms with Gasteiger partial charge in [0, 0.05) is 24.8 Å². The number of hydrogen-bond acceptors (Lipinski definition) is 6. The Morgan fingerprint density at radius 2 is 1.67 bits per heavy atom. The highest BCUT2D eigenvalue weighted by Gasteiger charge is 2.18. The molecule has 0 saturated carbocycles. The van der Waals surface area contributed by atoms with Gasteiger partial charge in [0.15, 0.2) is 17.0 Å². The van der Waals surface area contributed by atoms with Gasteiger partial charge in [0.25, 0.3) is 0 Å². The maximum atomic E-state index is 6.27. The molecule has 8 heteroatoms. The van der Waals surface area contributed by atoms with Gasteiger partial charge < -0.3 is 11.1 Å². The van der Waals surface area contributed by atoms with E-state index in [0.29, 0.717) is 42.0 Å². The second-order valence-electron chi connectivity index (χ2n) is 7.80. The lowest BCUT2D eigenvalue weighted by atomic mass is 10.1. The van der Waals surface area contributed by atoms with Gasteiger partial charge in [-0.15, -0.1) is 0 Å². The van der Waals surface area contributed by atoms with Gasteiger partial charge in [0.2, 0.25) is 11.9 Å². The third kappa shape index (κ3) is 4.03. The van der Waals surface area contributed by atoms with E-state index < -0.39 is 0 Å². The van der Waals surface area contributed by atoms with E-state index in [-0.39, 0.29) is 0 Å². The summed E-state index contributed by atoms with van der Waals surface area (Å²) in [6.07, 6.45) is 2.93. The molecule has 8 nitrogen and oxygen atoms in total. The first-order chi connectivity index (χ1) is 16.2. The van der Waals surface area contributed by atoms with Crippen LogP contribution < -0.4 is 11.1 Å². The summed E-state index contributed by atoms with van der Waals surface area (Å²) in [5, 5.41) is 8.03. The van der Waals surface area contributed by atoms with E-state index in [0.717, 1.165) is 23.2 Å². The molecule has 0 amide bonds. The SMILES string of the molecule is CCc1ccc(-c2ccn(-c3nc4c(N)nc(NCc5ccccc5)nc4n3CC)n2)cc1. The average molecular weight is 439 g/mol. The predicted molar refractivity (Wildman–Crippen MR) is 131 cm³/mol. The lowest BCUT2D eigenvalue weighted by Crippen LogP contribution is -2.09. The number of nitrogens with two attached hydrogens (primary N) is 1. The van der Waals surface area contributed by atoms with Crippen LogP contribution in [0.4, 0.5) is 11.8 Å². The van der Waals surface area contributed by atoms with Crippen molar-refractivity contribution in [3.05, 3.63) is 78.0 Å². The first-order valence-corrected chi connectivity index (χ1v) is 11.1. The minimum atomic E-state index is 0.339. The molecule has 0 aliphatic heterocycles. The molecule has 3 heterocycles. The number of aromatic nitrogens is 6. The summed E-state index contributed by atoms with van der Waals surface area (Å²) >= 11 is 0. The molecule has 0 aliphatic rings. The quantitative estimate of drug-likeness (QED) is 0.389. The number of nitrogens with one attached hydrogen (secondary N) is 1. The number of fused-ring (bicyclic) bond motifs is 1. The Morgan fingerprint density at radius 1 is 0.879 bits per heavy atom. The molecule has 0 bridgehead atoms. The molecule has 5 aromatic rings. The zero-order valence-corrected chi connectivity index (χ0v) is 18.7. The summed E-state index contributed by atoms with van der Waals surface area (Å²) in [5.41, 5.74) is 11.9. The third-order valence-corrected chi connectivity index (χ3v) is 5.66. The van der Waals surface area contributed by atoms with E-state index in [1.54, 1.807) is 4.68 Å². The van der Waals surface area contributed by atoms with Crippen LogP contribution in [0.5, 0.6) is 0 Å². The van der Waals surface area contributed by atoms with Crippen LogP contribution in [0.15, 0.2) is 66.9 Å². The maximum absolute atomic E-state index is 6.27. The first kappa shape index (κ1) is 20.7. The molecule has 0 radical (unpaired) electrons. The fourth-order valence-electron chi connectivity index (χ4n) is 3.83. The summed E-state index contributed by atoms with van der Waals surface area (Å²) in [5.74, 6) is 1.47. The molecular formula is C25H26N8. The van der Waals surface area contributed by atoms with E-state index in [9.17, 15) is 0 Å². The number of anilines is 2. The normalized spacial score (nSPS) is 11.2. The minimum absolute atomic E-state index is 0.339. The summed E-state index contributed by atoms with van der Waals surface area (Å²) in [6.45, 7) is 5.48. The monoisotopic (exact) mass is 438 g/mol. The van der Waals surface area contributed by atoms with Crippen LogP contribution in [0.1, 0.15) is 25.0 Å². The predicted octanol–water partition coefficient (Wildman–Crippen LogP) is 4.46. The van der Waals surface area contributed by atoms with Crippen molar-refractivity contribution in [2.45, 2.75) is 33.4 Å². The van der Waals surface area contributed by atoms with Gasteiger partial charge in [0.05, 0.1) is 5.69 Å². The lowest BCUT2D eigenvalue weighted by Gasteiger charge is -2.08. The van der Waals surface area contributed by atoms with Gasteiger partial charge in [0.1, 0.15) is 0 Å². The van der Waals surface area contributed by atoms with Gasteiger partial charge in [-0.25, -0.2) is 9.67 Å². The molecule has 2 aromatic carbocycles. The second-order valence-corrected chi connectivity index (χ2v) is 7.80. The standard InChI is InChI=1S/C25H26N8/c1-3-17-10-12-19(13-11-17)20-14-15-33(31-20)25-28-21-22(26)29-24(30-23(21)32(25)4-2)27-16-18-8-6-5-7-9-18/h5-15H,3-4,16H2,1-2H3,(H3,26,27,29,30). The van der Waals surface area contributed by atoms with Crippen LogP contribution >= 0.6 is 0 Å². The van der Waals surface area contributed by atoms with E-state index in [2.05, 4.69) is 41.5 Å². The van der Waals surface area contributed by atoms with Crippen LogP contribution in [0, 0.1) is 0 Å². The van der Waals surface area contributed by atoms with Crippen LogP contribution in [0.2, 0.25) is 0 Å². The van der Waals surface area contributed by atoms with Crippen molar-refractivity contribution in [3.63, 3.8) is 0 Å². The summed E-state index contributed by atoms with van der Waals surface area (Å²) in [7, 11) is 0. The number of aryl methyl sites for hydroxylation is 2. The largest absolute Gasteiger partial charge is 0.382 e. The second kappa shape index (κ2) is 8.74. The summed E-state index contributed by atoms with van der Waals surface area (Å²) in [4.78, 5) is 13.9. The van der Waals surface area contributed by atoms with E-state index in [4.69, 9.17) is 20.8 Å². The highest BCUT2D eigenvalue weighted by molar-refractivity contribution is 5.84. The Balaban J connectivity index is 1.48. The van der Waals surface area contributed by atoms with Crippen LogP contribution in [-0.2, 0) is 19.5 Å². The van der Waals surface area contributed by atoms with E-state index in [1.165, 1.54) is 5.56 Å². The third-order valence-electron chi connectivity index (χ3n) is 5.66. The highest BCUT2D eigenvalue weighted by Crippen LogP contribution is 2.24. The molecule has 0 fully saturated rings. The zero-order valence-electron chi connectivity index (χ0n) is 18.7. The molecule has 33 heavy (non-hydrogen) atoms. The van der Waals surface area contributed by atoms with Gasteiger partial charge in [-0.1, -0.05) is 61.5 Å². The highest BCUT2D eigenvalue weighted by atomic mass is 15.4. The molecule has 0 unspecified atom stereocenters. The van der Waals surface area contributed by atoms with E-state index >= 15 is 0 Å². The van der Waals surface area contributed by atoms with Crippen molar-refractivity contribution in [3.8, 4) is 17.2 Å². The molecule has 5 rings (SSSR count). The molecule has 3 N–H and O–H groups in total. The van der Waals surface area contributed by atoms with Crippen molar-refractivity contribution in [1.29, 1.82) is 0 Å². The number of rotatable bonds is 7. The Bertz CT molecular complexity index is 1380. The smallest absolute Gasteiger partial charge is 0.233 e. The molecule has 0 atom stereocenters. The lowest BCUT2D eigenvalue weighted by molar-refractivity contribution is 0.698. The molecular weight excluding hydrogens is 412 g/mol. The Labute approximate surface area is 192 Å². The zero-order chi connectivity index (χ0) is 22.8. The minimum Gasteiger partial charge on any atom is -0.382 e. The number of nitrogens with zero attached hydrogens (tertiary/aromatic N) is 6. The summed E-state index contributed by atoms with van der Waals surface area (Å²) in [6, 6.07) is 20.6. The average Bonchev–Trinajstić information content (AvgIpc) is 3.48. The van der Waals surface area contributed by atoms with Crippen LogP contribution in [-0.4, -0.2) is 29.3 Å². The summed E-state index contributed by atoms with van der Waals surface area (Å²) < 4.78 is 3.77. The Morgan fingerprint density at radius 3 is 2.39 bits per heavy atom. The number of nitrogen functional groups attached to an aromatic ring is 1. The van der Waals surface area contributed by atoms with E-state index in [1.807, 2.05) is 54.1 Å². The topological polar surface area (TPSA) is 99.5 Å². The van der Waals surface area contributed by atoms with Crippen LogP contribution in [0.25, 0.3) is 28.4 Å². The van der Waals surface area contributed by atoms with Gasteiger partial charge in [-0.05, 0) is 30.5 Å². The molecule has 0 aliphatic carbocycles. The van der Waals surface area contributed by atoms with Gasteiger partial charge in [-0.3, -0.25) is 4.57 Å². The van der Waals surface area contributed by atoms with Crippen molar-refractivity contribution in [2.75, 3.05) is 11.1 Å². The van der Waals surface area contributed by atoms with Gasteiger partial charge in [-0.2, -0.15) is 15.1 Å². The first-order valence-electron chi connectivity index (χ1n) is 11.1. The Kier molecular flexibility index (Phi) is 5.48. The van der Waals surface area contributed by atoms with Crippen molar-refractivity contribution in [1.82, 2.24) is 29.3 Å².